The van der Waals surface area contributed by atoms with Gasteiger partial charge in [-0.15, -0.1) is 0 Å². The number of amidine groups is 1. The summed E-state index contributed by atoms with van der Waals surface area (Å²) in [4.78, 5) is 19.7. The Morgan fingerprint density at radius 2 is 1.77 bits per heavy atom. The summed E-state index contributed by atoms with van der Waals surface area (Å²) >= 11 is 1.47. The van der Waals surface area contributed by atoms with Crippen LogP contribution in [0.5, 0.6) is 0 Å². The van der Waals surface area contributed by atoms with Gasteiger partial charge in [0.1, 0.15) is 6.54 Å². The number of rotatable bonds is 4. The fourth-order valence-electron chi connectivity index (χ4n) is 3.97. The molecule has 1 saturated heterocycles. The zero-order chi connectivity index (χ0) is 22.3. The lowest BCUT2D eigenvalue weighted by Crippen LogP contribution is -2.37. The SMILES string of the molecule is Cc1ccc(N(CC(=O)Nc2c(C)cccc2C)C2=N[C@H]3CS(=O)(=O)C[C@H]3S2)cc1C. The number of amides is 1. The molecule has 0 radical (unpaired) electrons. The van der Waals surface area contributed by atoms with Gasteiger partial charge in [-0.3, -0.25) is 9.79 Å². The number of aliphatic imine (C=N–C) groups is 1. The van der Waals surface area contributed by atoms with Gasteiger partial charge < -0.3 is 10.2 Å². The summed E-state index contributed by atoms with van der Waals surface area (Å²) in [5.74, 6) is 0.0948. The highest BCUT2D eigenvalue weighted by atomic mass is 32.2. The van der Waals surface area contributed by atoms with Crippen LogP contribution < -0.4 is 10.2 Å². The Kier molecular flexibility index (Phi) is 5.87. The molecule has 2 aliphatic heterocycles. The van der Waals surface area contributed by atoms with E-state index in [0.717, 1.165) is 28.1 Å². The summed E-state index contributed by atoms with van der Waals surface area (Å²) in [5, 5.41) is 3.69. The highest BCUT2D eigenvalue weighted by molar-refractivity contribution is 8.15. The second-order valence-corrected chi connectivity index (χ2v) is 11.7. The molecule has 6 nitrogen and oxygen atoms in total. The predicted octanol–water partition coefficient (Wildman–Crippen LogP) is 3.63. The monoisotopic (exact) mass is 457 g/mol. The third-order valence-corrected chi connectivity index (χ3v) is 9.13. The van der Waals surface area contributed by atoms with Gasteiger partial charge in [-0.2, -0.15) is 0 Å². The minimum Gasteiger partial charge on any atom is -0.324 e. The highest BCUT2D eigenvalue weighted by Crippen LogP contribution is 2.37. The maximum absolute atomic E-state index is 13.0. The number of sulfone groups is 1. The second kappa shape index (κ2) is 8.31. The van der Waals surface area contributed by atoms with E-state index in [1.165, 1.54) is 17.3 Å². The van der Waals surface area contributed by atoms with Crippen molar-refractivity contribution >= 4 is 44.0 Å². The van der Waals surface area contributed by atoms with E-state index in [1.54, 1.807) is 0 Å². The molecule has 2 aromatic carbocycles. The number of thioether (sulfide) groups is 1. The van der Waals surface area contributed by atoms with Crippen LogP contribution in [0.4, 0.5) is 11.4 Å². The number of hydrogen-bond donors (Lipinski definition) is 1. The van der Waals surface area contributed by atoms with Gasteiger partial charge in [0.25, 0.3) is 0 Å². The first-order chi connectivity index (χ1) is 14.6. The zero-order valence-corrected chi connectivity index (χ0v) is 19.8. The average Bonchev–Trinajstić information content (AvgIpc) is 3.18. The Morgan fingerprint density at radius 3 is 2.42 bits per heavy atom. The molecule has 1 amide bonds. The normalized spacial score (nSPS) is 21.5. The van der Waals surface area contributed by atoms with Crippen LogP contribution in [0.25, 0.3) is 0 Å². The summed E-state index contributed by atoms with van der Waals surface area (Å²) in [6, 6.07) is 11.8. The van der Waals surface area contributed by atoms with Crippen molar-refractivity contribution < 1.29 is 13.2 Å². The van der Waals surface area contributed by atoms with Crippen LogP contribution in [0.2, 0.25) is 0 Å². The highest BCUT2D eigenvalue weighted by Gasteiger charge is 2.44. The smallest absolute Gasteiger partial charge is 0.244 e. The van der Waals surface area contributed by atoms with E-state index in [4.69, 9.17) is 4.99 Å². The molecule has 0 aliphatic carbocycles. The molecule has 0 bridgehead atoms. The van der Waals surface area contributed by atoms with Gasteiger partial charge >= 0.3 is 0 Å². The lowest BCUT2D eigenvalue weighted by atomic mass is 10.1. The van der Waals surface area contributed by atoms with Gasteiger partial charge in [-0.25, -0.2) is 8.42 Å². The van der Waals surface area contributed by atoms with Crippen LogP contribution in [0.3, 0.4) is 0 Å². The zero-order valence-electron chi connectivity index (χ0n) is 18.2. The number of carbonyl (C=O) groups is 1. The van der Waals surface area contributed by atoms with Crippen molar-refractivity contribution in [3.8, 4) is 0 Å². The Labute approximate surface area is 188 Å². The summed E-state index contributed by atoms with van der Waals surface area (Å²) < 4.78 is 23.9. The van der Waals surface area contributed by atoms with Crippen LogP contribution in [-0.2, 0) is 14.6 Å². The van der Waals surface area contributed by atoms with Gasteiger partial charge in [0.2, 0.25) is 5.91 Å². The van der Waals surface area contributed by atoms with E-state index in [0.29, 0.717) is 5.17 Å². The molecule has 164 valence electrons. The topological polar surface area (TPSA) is 78.8 Å². The molecule has 4 rings (SSSR count). The molecule has 0 saturated carbocycles. The van der Waals surface area contributed by atoms with Crippen LogP contribution in [0, 0.1) is 27.7 Å². The molecular formula is C23H27N3O3S2. The van der Waals surface area contributed by atoms with Crippen LogP contribution in [0.1, 0.15) is 22.3 Å². The summed E-state index contributed by atoms with van der Waals surface area (Å²) in [7, 11) is -3.03. The first-order valence-corrected chi connectivity index (χ1v) is 13.0. The average molecular weight is 458 g/mol. The number of nitrogens with zero attached hydrogens (tertiary/aromatic N) is 2. The third-order valence-electron chi connectivity index (χ3n) is 5.89. The van der Waals surface area contributed by atoms with Crippen molar-refractivity contribution in [2.45, 2.75) is 39.0 Å². The lowest BCUT2D eigenvalue weighted by Gasteiger charge is -2.25. The van der Waals surface area contributed by atoms with Crippen molar-refractivity contribution in [3.05, 3.63) is 58.7 Å². The van der Waals surface area contributed by atoms with Crippen LogP contribution >= 0.6 is 11.8 Å². The van der Waals surface area contributed by atoms with E-state index in [9.17, 15) is 13.2 Å². The molecule has 2 atom stereocenters. The van der Waals surface area contributed by atoms with Crippen LogP contribution in [-0.4, -0.2) is 48.8 Å². The van der Waals surface area contributed by atoms with E-state index >= 15 is 0 Å². The van der Waals surface area contributed by atoms with E-state index in [2.05, 4.69) is 11.4 Å². The molecule has 0 unspecified atom stereocenters. The number of para-hydroxylation sites is 1. The molecular weight excluding hydrogens is 430 g/mol. The van der Waals surface area contributed by atoms with Gasteiger partial charge in [0.15, 0.2) is 15.0 Å². The lowest BCUT2D eigenvalue weighted by molar-refractivity contribution is -0.114. The van der Waals surface area contributed by atoms with E-state index < -0.39 is 9.84 Å². The molecule has 8 heteroatoms. The number of fused-ring (bicyclic) bond motifs is 1. The molecule has 1 fully saturated rings. The van der Waals surface area contributed by atoms with Crippen molar-refractivity contribution in [1.29, 1.82) is 0 Å². The number of benzene rings is 2. The molecule has 2 aromatic rings. The number of aryl methyl sites for hydroxylation is 4. The fraction of sp³-hybridized carbons (Fsp3) is 0.391. The van der Waals surface area contributed by atoms with E-state index in [-0.39, 0.29) is 35.2 Å². The van der Waals surface area contributed by atoms with Gasteiger partial charge in [-0.05, 0) is 62.1 Å². The summed E-state index contributed by atoms with van der Waals surface area (Å²) in [6.45, 7) is 8.14. The maximum Gasteiger partial charge on any atom is 0.244 e. The summed E-state index contributed by atoms with van der Waals surface area (Å²) in [6.07, 6.45) is 0. The number of anilines is 2. The quantitative estimate of drug-likeness (QED) is 0.758. The van der Waals surface area contributed by atoms with Gasteiger partial charge in [0.05, 0.1) is 17.5 Å². The molecule has 1 N–H and O–H groups in total. The van der Waals surface area contributed by atoms with Crippen molar-refractivity contribution in [1.82, 2.24) is 0 Å². The first kappa shape index (κ1) is 21.9. The van der Waals surface area contributed by atoms with Crippen molar-refractivity contribution in [2.24, 2.45) is 4.99 Å². The van der Waals surface area contributed by atoms with E-state index in [1.807, 2.05) is 62.9 Å². The Balaban J connectivity index is 1.62. The van der Waals surface area contributed by atoms with Gasteiger partial charge in [-0.1, -0.05) is 36.0 Å². The fourth-order valence-corrected chi connectivity index (χ4v) is 7.75. The Morgan fingerprint density at radius 1 is 1.06 bits per heavy atom. The largest absolute Gasteiger partial charge is 0.324 e. The third kappa shape index (κ3) is 4.65. The van der Waals surface area contributed by atoms with Crippen molar-refractivity contribution in [3.63, 3.8) is 0 Å². The molecule has 2 aliphatic rings. The van der Waals surface area contributed by atoms with Crippen LogP contribution in [0.15, 0.2) is 41.4 Å². The molecule has 2 heterocycles. The summed E-state index contributed by atoms with van der Waals surface area (Å²) in [5.41, 5.74) is 6.04. The molecule has 31 heavy (non-hydrogen) atoms. The van der Waals surface area contributed by atoms with Crippen molar-refractivity contribution in [2.75, 3.05) is 28.3 Å². The molecule has 0 spiro atoms. The van der Waals surface area contributed by atoms with Gasteiger partial charge in [0, 0.05) is 16.6 Å². The Bertz CT molecular complexity index is 1150. The standard InChI is InChI=1S/C23H27N3O3S2/c1-14-8-9-18(10-17(14)4)26(23-24-19-12-31(28,29)13-20(19)30-23)11-21(27)25-22-15(2)6-5-7-16(22)3/h5-10,19-20H,11-13H2,1-4H3,(H,25,27)/t19-,20+/m0/s1. The second-order valence-electron chi connectivity index (χ2n) is 8.38. The first-order valence-electron chi connectivity index (χ1n) is 10.3. The maximum atomic E-state index is 13.0. The Hall–Kier alpha value is -2.32. The number of nitrogens with one attached hydrogen (secondary N) is 1. The minimum atomic E-state index is -3.03. The predicted molar refractivity (Wildman–Crippen MR) is 129 cm³/mol. The number of hydrogen-bond acceptors (Lipinski definition) is 6. The number of carbonyl (C=O) groups excluding carboxylic acids is 1. The molecule has 0 aromatic heterocycles. The minimum absolute atomic E-state index is 0.0734.